The molecule has 1 heterocycles. The number of amides is 2. The topological polar surface area (TPSA) is 55.9 Å². The minimum atomic E-state index is -0.0746. The minimum absolute atomic E-state index is 0.0746. The van der Waals surface area contributed by atoms with Gasteiger partial charge in [-0.3, -0.25) is 9.59 Å². The fourth-order valence-corrected chi connectivity index (χ4v) is 5.92. The van der Waals surface area contributed by atoms with Gasteiger partial charge in [-0.05, 0) is 80.2 Å². The summed E-state index contributed by atoms with van der Waals surface area (Å²) in [6, 6.07) is 16.5. The number of benzene rings is 2. The highest BCUT2D eigenvalue weighted by molar-refractivity contribution is 6.04. The Bertz CT molecular complexity index is 1010. The lowest BCUT2D eigenvalue weighted by molar-refractivity contribution is -0.131. The summed E-state index contributed by atoms with van der Waals surface area (Å²) in [5.74, 6) is 0.729. The van der Waals surface area contributed by atoms with Gasteiger partial charge in [0.25, 0.3) is 5.91 Å². The Balaban J connectivity index is 1.30. The number of carbonyl (C=O) groups excluding carboxylic acids is 2. The third kappa shape index (κ3) is 7.13. The zero-order valence-corrected chi connectivity index (χ0v) is 22.9. The number of anilines is 2. The molecule has 0 aromatic heterocycles. The fraction of sp³-hybridized carbons (Fsp3) is 0.548. The van der Waals surface area contributed by atoms with Gasteiger partial charge in [-0.2, -0.15) is 0 Å². The van der Waals surface area contributed by atoms with Crippen LogP contribution in [0.3, 0.4) is 0 Å². The largest absolute Gasteiger partial charge is 0.369 e. The molecule has 6 nitrogen and oxygen atoms in total. The van der Waals surface area contributed by atoms with E-state index in [2.05, 4.69) is 53.2 Å². The molecular formula is C31H44N4O2. The molecule has 2 aliphatic rings. The van der Waals surface area contributed by atoms with Crippen LogP contribution in [0, 0.1) is 0 Å². The van der Waals surface area contributed by atoms with Crippen LogP contribution in [0.4, 0.5) is 11.4 Å². The summed E-state index contributed by atoms with van der Waals surface area (Å²) in [4.78, 5) is 31.9. The van der Waals surface area contributed by atoms with Crippen LogP contribution in [-0.2, 0) is 4.79 Å². The van der Waals surface area contributed by atoms with Gasteiger partial charge in [-0.1, -0.05) is 45.2 Å². The quantitative estimate of drug-likeness (QED) is 0.447. The van der Waals surface area contributed by atoms with Crippen molar-refractivity contribution in [1.82, 2.24) is 9.80 Å². The lowest BCUT2D eigenvalue weighted by atomic mass is 9.84. The molecule has 2 aromatic carbocycles. The van der Waals surface area contributed by atoms with Crippen molar-refractivity contribution in [3.63, 3.8) is 0 Å². The molecule has 6 heteroatoms. The smallest absolute Gasteiger partial charge is 0.255 e. The predicted molar refractivity (Wildman–Crippen MR) is 152 cm³/mol. The van der Waals surface area contributed by atoms with Crippen molar-refractivity contribution in [3.05, 3.63) is 59.7 Å². The first-order valence-corrected chi connectivity index (χ1v) is 14.2. The van der Waals surface area contributed by atoms with E-state index in [1.807, 2.05) is 29.2 Å². The van der Waals surface area contributed by atoms with E-state index in [1.165, 1.54) is 37.7 Å². The molecule has 1 saturated carbocycles. The predicted octanol–water partition coefficient (Wildman–Crippen LogP) is 5.76. The van der Waals surface area contributed by atoms with Crippen LogP contribution in [0.2, 0.25) is 0 Å². The first-order valence-electron chi connectivity index (χ1n) is 14.2. The molecule has 1 atom stereocenters. The van der Waals surface area contributed by atoms with Gasteiger partial charge in [0.1, 0.15) is 0 Å². The molecule has 1 aliphatic carbocycles. The van der Waals surface area contributed by atoms with Gasteiger partial charge in [0, 0.05) is 50.0 Å². The number of likely N-dealkylation sites (N-methyl/N-ethyl adjacent to an activating group) is 1. The number of carbonyl (C=O) groups is 2. The molecule has 0 radical (unpaired) electrons. The Morgan fingerprint density at radius 1 is 0.892 bits per heavy atom. The molecule has 0 spiro atoms. The van der Waals surface area contributed by atoms with Crippen molar-refractivity contribution in [2.45, 2.75) is 71.3 Å². The van der Waals surface area contributed by atoms with E-state index in [-0.39, 0.29) is 17.9 Å². The average molecular weight is 505 g/mol. The molecule has 37 heavy (non-hydrogen) atoms. The number of nitrogens with zero attached hydrogens (tertiary/aromatic N) is 3. The van der Waals surface area contributed by atoms with Crippen LogP contribution in [0.25, 0.3) is 0 Å². The normalized spacial score (nSPS) is 18.3. The number of nitrogens with one attached hydrogen (secondary N) is 1. The van der Waals surface area contributed by atoms with E-state index in [0.29, 0.717) is 11.5 Å². The lowest BCUT2D eigenvalue weighted by Crippen LogP contribution is -2.45. The Morgan fingerprint density at radius 3 is 2.19 bits per heavy atom. The molecule has 1 aliphatic heterocycles. The highest BCUT2D eigenvalue weighted by Gasteiger charge is 2.29. The van der Waals surface area contributed by atoms with Gasteiger partial charge in [0.15, 0.2) is 0 Å². The van der Waals surface area contributed by atoms with Gasteiger partial charge in [-0.15, -0.1) is 0 Å². The van der Waals surface area contributed by atoms with Gasteiger partial charge in [-0.25, -0.2) is 0 Å². The molecule has 1 unspecified atom stereocenters. The zero-order chi connectivity index (χ0) is 26.2. The number of rotatable bonds is 10. The SMILES string of the molecule is CCN(CC)CCN(C(C)=O)C1CCN(c2ccc(NC(=O)c3ccc(C4CCCCC4)cc3)cc2)C1. The monoisotopic (exact) mass is 504 g/mol. The van der Waals surface area contributed by atoms with Gasteiger partial charge in [0.05, 0.1) is 6.04 Å². The summed E-state index contributed by atoms with van der Waals surface area (Å²) in [5, 5.41) is 3.04. The molecule has 0 bridgehead atoms. The van der Waals surface area contributed by atoms with Crippen LogP contribution in [0.1, 0.15) is 81.1 Å². The molecule has 2 aromatic rings. The van der Waals surface area contributed by atoms with Crippen LogP contribution in [0.5, 0.6) is 0 Å². The van der Waals surface area contributed by atoms with E-state index in [9.17, 15) is 9.59 Å². The number of hydrogen-bond acceptors (Lipinski definition) is 4. The van der Waals surface area contributed by atoms with E-state index in [0.717, 1.165) is 57.1 Å². The van der Waals surface area contributed by atoms with Crippen molar-refractivity contribution in [2.24, 2.45) is 0 Å². The summed E-state index contributed by atoms with van der Waals surface area (Å²) in [6.45, 7) is 11.5. The third-order valence-corrected chi connectivity index (χ3v) is 8.30. The van der Waals surface area contributed by atoms with Crippen LogP contribution in [0.15, 0.2) is 48.5 Å². The molecular weight excluding hydrogens is 460 g/mol. The molecule has 1 saturated heterocycles. The Hall–Kier alpha value is -2.86. The summed E-state index contributed by atoms with van der Waals surface area (Å²) < 4.78 is 0. The van der Waals surface area contributed by atoms with Crippen LogP contribution < -0.4 is 10.2 Å². The first kappa shape index (κ1) is 27.2. The maximum absolute atomic E-state index is 12.8. The standard InChI is InChI=1S/C31H44N4O2/c1-4-33(5-2)21-22-35(24(3)36)30-19-20-34(23-30)29-17-15-28(16-18-29)32-31(37)27-13-11-26(12-14-27)25-9-7-6-8-10-25/h11-18,25,30H,4-10,19-23H2,1-3H3,(H,32,37). The zero-order valence-electron chi connectivity index (χ0n) is 22.9. The second kappa shape index (κ2) is 13.1. The number of hydrogen-bond donors (Lipinski definition) is 1. The van der Waals surface area contributed by atoms with Crippen LogP contribution in [-0.4, -0.2) is 66.9 Å². The van der Waals surface area contributed by atoms with E-state index >= 15 is 0 Å². The van der Waals surface area contributed by atoms with Crippen LogP contribution >= 0.6 is 0 Å². The van der Waals surface area contributed by atoms with Crippen molar-refractivity contribution in [1.29, 1.82) is 0 Å². The summed E-state index contributed by atoms with van der Waals surface area (Å²) in [6.07, 6.45) is 7.48. The molecule has 2 amide bonds. The fourth-order valence-electron chi connectivity index (χ4n) is 5.92. The summed E-state index contributed by atoms with van der Waals surface area (Å²) >= 11 is 0. The lowest BCUT2D eigenvalue weighted by Gasteiger charge is -2.30. The summed E-state index contributed by atoms with van der Waals surface area (Å²) in [5.41, 5.74) is 3.98. The van der Waals surface area contributed by atoms with E-state index < -0.39 is 0 Å². The second-order valence-corrected chi connectivity index (χ2v) is 10.6. The Labute approximate surface area is 223 Å². The highest BCUT2D eigenvalue weighted by atomic mass is 16.2. The molecule has 4 rings (SSSR count). The van der Waals surface area contributed by atoms with Crippen molar-refractivity contribution in [2.75, 3.05) is 49.5 Å². The highest BCUT2D eigenvalue weighted by Crippen LogP contribution is 2.32. The summed E-state index contributed by atoms with van der Waals surface area (Å²) in [7, 11) is 0. The van der Waals surface area contributed by atoms with Crippen molar-refractivity contribution < 1.29 is 9.59 Å². The maximum atomic E-state index is 12.8. The Kier molecular flexibility index (Phi) is 9.62. The maximum Gasteiger partial charge on any atom is 0.255 e. The first-order chi connectivity index (χ1) is 18.0. The van der Waals surface area contributed by atoms with Gasteiger partial charge in [0.2, 0.25) is 5.91 Å². The Morgan fingerprint density at radius 2 is 1.57 bits per heavy atom. The van der Waals surface area contributed by atoms with E-state index in [4.69, 9.17) is 0 Å². The average Bonchev–Trinajstić information content (AvgIpc) is 3.42. The van der Waals surface area contributed by atoms with E-state index in [1.54, 1.807) is 6.92 Å². The van der Waals surface area contributed by atoms with Gasteiger partial charge < -0.3 is 20.0 Å². The molecule has 1 N–H and O–H groups in total. The second-order valence-electron chi connectivity index (χ2n) is 10.6. The van der Waals surface area contributed by atoms with Crippen molar-refractivity contribution >= 4 is 23.2 Å². The van der Waals surface area contributed by atoms with Crippen molar-refractivity contribution in [3.8, 4) is 0 Å². The molecule has 200 valence electrons. The third-order valence-electron chi connectivity index (χ3n) is 8.30. The minimum Gasteiger partial charge on any atom is -0.369 e. The molecule has 2 fully saturated rings. The van der Waals surface area contributed by atoms with Gasteiger partial charge >= 0.3 is 0 Å².